The first-order chi connectivity index (χ1) is 9.20. The second-order valence-corrected chi connectivity index (χ2v) is 5.21. The second-order valence-electron chi connectivity index (χ2n) is 5.21. The number of nitrogens with zero attached hydrogens (tertiary/aromatic N) is 1. The van der Waals surface area contributed by atoms with Crippen molar-refractivity contribution in [3.63, 3.8) is 0 Å². The van der Waals surface area contributed by atoms with Gasteiger partial charge in [0.2, 0.25) is 0 Å². The summed E-state index contributed by atoms with van der Waals surface area (Å²) < 4.78 is 26.6. The Labute approximate surface area is 113 Å². The van der Waals surface area contributed by atoms with Crippen LogP contribution in [0.5, 0.6) is 0 Å². The van der Waals surface area contributed by atoms with Crippen molar-refractivity contribution in [2.75, 3.05) is 19.6 Å². The van der Waals surface area contributed by atoms with Crippen molar-refractivity contribution in [3.05, 3.63) is 35.4 Å². The van der Waals surface area contributed by atoms with Crippen LogP contribution in [0.15, 0.2) is 18.2 Å². The van der Waals surface area contributed by atoms with E-state index in [1.54, 1.807) is 12.1 Å². The topological polar surface area (TPSA) is 15.3 Å². The molecule has 4 heteroatoms. The molecule has 1 aliphatic heterocycles. The van der Waals surface area contributed by atoms with E-state index < -0.39 is 11.6 Å². The lowest BCUT2D eigenvalue weighted by atomic mass is 10.0. The minimum absolute atomic E-state index is 0.405. The van der Waals surface area contributed by atoms with Gasteiger partial charge in [0, 0.05) is 18.2 Å². The highest BCUT2D eigenvalue weighted by Gasteiger charge is 2.18. The van der Waals surface area contributed by atoms with E-state index in [4.69, 9.17) is 0 Å². The van der Waals surface area contributed by atoms with Crippen molar-refractivity contribution in [1.29, 1.82) is 0 Å². The number of likely N-dealkylation sites (tertiary alicyclic amines) is 1. The first-order valence-corrected chi connectivity index (χ1v) is 7.09. The first-order valence-electron chi connectivity index (χ1n) is 7.09. The van der Waals surface area contributed by atoms with Crippen LogP contribution in [0.2, 0.25) is 0 Å². The standard InChI is InChI=1S/C15H22F2N2/c1-2-8-19-9-6-13(7-10-19)18-11-12-4-3-5-14(16)15(12)17/h3-5,13,18H,2,6-11H2,1H3. The third-order valence-electron chi connectivity index (χ3n) is 3.74. The van der Waals surface area contributed by atoms with Crippen molar-refractivity contribution in [2.24, 2.45) is 0 Å². The first kappa shape index (κ1) is 14.4. The smallest absolute Gasteiger partial charge is 0.163 e. The van der Waals surface area contributed by atoms with Gasteiger partial charge in [-0.05, 0) is 45.0 Å². The zero-order valence-electron chi connectivity index (χ0n) is 11.5. The Bertz CT molecular complexity index is 401. The molecule has 2 nitrogen and oxygen atoms in total. The highest BCUT2D eigenvalue weighted by atomic mass is 19.2. The molecule has 0 unspecified atom stereocenters. The van der Waals surface area contributed by atoms with E-state index in [9.17, 15) is 8.78 Å². The van der Waals surface area contributed by atoms with Gasteiger partial charge in [-0.2, -0.15) is 0 Å². The van der Waals surface area contributed by atoms with Crippen LogP contribution in [0.4, 0.5) is 8.78 Å². The molecule has 0 amide bonds. The summed E-state index contributed by atoms with van der Waals surface area (Å²) in [5, 5.41) is 3.34. The lowest BCUT2D eigenvalue weighted by molar-refractivity contribution is 0.197. The van der Waals surface area contributed by atoms with E-state index in [0.717, 1.165) is 38.5 Å². The fraction of sp³-hybridized carbons (Fsp3) is 0.600. The summed E-state index contributed by atoms with van der Waals surface area (Å²) in [7, 11) is 0. The van der Waals surface area contributed by atoms with Crippen molar-refractivity contribution in [2.45, 2.75) is 38.8 Å². The molecular formula is C15H22F2N2. The van der Waals surface area contributed by atoms with Crippen LogP contribution < -0.4 is 5.32 Å². The molecule has 106 valence electrons. The minimum Gasteiger partial charge on any atom is -0.310 e. The van der Waals surface area contributed by atoms with E-state index in [1.807, 2.05) is 0 Å². The molecule has 0 spiro atoms. The van der Waals surface area contributed by atoms with Gasteiger partial charge in [0.15, 0.2) is 11.6 Å². The molecule has 1 saturated heterocycles. The van der Waals surface area contributed by atoms with Crippen LogP contribution in [0.1, 0.15) is 31.7 Å². The SMILES string of the molecule is CCCN1CCC(NCc2cccc(F)c2F)CC1. The molecule has 19 heavy (non-hydrogen) atoms. The van der Waals surface area contributed by atoms with Gasteiger partial charge in [-0.25, -0.2) is 8.78 Å². The van der Waals surface area contributed by atoms with Crippen molar-refractivity contribution < 1.29 is 8.78 Å². The summed E-state index contributed by atoms with van der Waals surface area (Å²) >= 11 is 0. The van der Waals surface area contributed by atoms with Gasteiger partial charge in [-0.3, -0.25) is 0 Å². The lowest BCUT2D eigenvalue weighted by Gasteiger charge is -2.32. The molecule has 0 aliphatic carbocycles. The maximum atomic E-state index is 13.5. The highest BCUT2D eigenvalue weighted by molar-refractivity contribution is 5.18. The van der Waals surface area contributed by atoms with Crippen LogP contribution in [0.3, 0.4) is 0 Å². The number of nitrogens with one attached hydrogen (secondary N) is 1. The van der Waals surface area contributed by atoms with Crippen molar-refractivity contribution in [3.8, 4) is 0 Å². The molecule has 2 rings (SSSR count). The zero-order valence-corrected chi connectivity index (χ0v) is 11.5. The molecule has 0 aromatic heterocycles. The summed E-state index contributed by atoms with van der Waals surface area (Å²) in [6.45, 7) is 5.94. The molecule has 1 aromatic rings. The average Bonchev–Trinajstić information content (AvgIpc) is 2.42. The van der Waals surface area contributed by atoms with Crippen LogP contribution in [-0.2, 0) is 6.54 Å². The monoisotopic (exact) mass is 268 g/mol. The summed E-state index contributed by atoms with van der Waals surface area (Å²) in [5.74, 6) is -1.49. The third-order valence-corrected chi connectivity index (χ3v) is 3.74. The number of piperidine rings is 1. The maximum absolute atomic E-state index is 13.5. The van der Waals surface area contributed by atoms with Crippen LogP contribution in [0.25, 0.3) is 0 Å². The zero-order chi connectivity index (χ0) is 13.7. The number of hydrogen-bond donors (Lipinski definition) is 1. The van der Waals surface area contributed by atoms with Gasteiger partial charge in [-0.1, -0.05) is 19.1 Å². The summed E-state index contributed by atoms with van der Waals surface area (Å²) in [5.41, 5.74) is 0.413. The molecule has 0 atom stereocenters. The van der Waals surface area contributed by atoms with Crippen molar-refractivity contribution >= 4 is 0 Å². The van der Waals surface area contributed by atoms with Gasteiger partial charge >= 0.3 is 0 Å². The largest absolute Gasteiger partial charge is 0.310 e. The summed E-state index contributed by atoms with van der Waals surface area (Å²) in [6.07, 6.45) is 3.35. The highest BCUT2D eigenvalue weighted by Crippen LogP contribution is 2.14. The van der Waals surface area contributed by atoms with E-state index in [0.29, 0.717) is 18.2 Å². The minimum atomic E-state index is -0.767. The number of benzene rings is 1. The molecule has 1 heterocycles. The van der Waals surface area contributed by atoms with Crippen LogP contribution in [-0.4, -0.2) is 30.6 Å². The molecular weight excluding hydrogens is 246 g/mol. The van der Waals surface area contributed by atoms with Gasteiger partial charge < -0.3 is 10.2 Å². The van der Waals surface area contributed by atoms with Crippen molar-refractivity contribution in [1.82, 2.24) is 10.2 Å². The fourth-order valence-corrected chi connectivity index (χ4v) is 2.62. The Hall–Kier alpha value is -1.00. The summed E-state index contributed by atoms with van der Waals surface area (Å²) in [6, 6.07) is 4.76. The number of halogens is 2. The molecule has 1 aliphatic rings. The Morgan fingerprint density at radius 2 is 2.00 bits per heavy atom. The lowest BCUT2D eigenvalue weighted by Crippen LogP contribution is -2.42. The van der Waals surface area contributed by atoms with Gasteiger partial charge in [0.05, 0.1) is 0 Å². The predicted molar refractivity (Wildman–Crippen MR) is 73.0 cm³/mol. The Morgan fingerprint density at radius 1 is 1.26 bits per heavy atom. The second kappa shape index (κ2) is 6.96. The Balaban J connectivity index is 1.79. The number of hydrogen-bond acceptors (Lipinski definition) is 2. The Morgan fingerprint density at radius 3 is 2.68 bits per heavy atom. The third kappa shape index (κ3) is 3.98. The fourth-order valence-electron chi connectivity index (χ4n) is 2.62. The molecule has 1 N–H and O–H groups in total. The Kier molecular flexibility index (Phi) is 5.28. The molecule has 0 bridgehead atoms. The molecule has 0 saturated carbocycles. The van der Waals surface area contributed by atoms with Crippen LogP contribution >= 0.6 is 0 Å². The van der Waals surface area contributed by atoms with E-state index in [2.05, 4.69) is 17.1 Å². The molecule has 0 radical (unpaired) electrons. The molecule has 1 aromatic carbocycles. The quantitative estimate of drug-likeness (QED) is 0.883. The predicted octanol–water partition coefficient (Wildman–Crippen LogP) is 2.93. The maximum Gasteiger partial charge on any atom is 0.163 e. The van der Waals surface area contributed by atoms with Crippen LogP contribution in [0, 0.1) is 11.6 Å². The summed E-state index contributed by atoms with van der Waals surface area (Å²) in [4.78, 5) is 2.46. The van der Waals surface area contributed by atoms with E-state index in [1.165, 1.54) is 6.42 Å². The van der Waals surface area contributed by atoms with Gasteiger partial charge in [0.1, 0.15) is 0 Å². The van der Waals surface area contributed by atoms with Gasteiger partial charge in [-0.15, -0.1) is 0 Å². The van der Waals surface area contributed by atoms with Gasteiger partial charge in [0.25, 0.3) is 0 Å². The normalized spacial score (nSPS) is 17.8. The number of rotatable bonds is 5. The molecule has 1 fully saturated rings. The van der Waals surface area contributed by atoms with E-state index in [-0.39, 0.29) is 0 Å². The average molecular weight is 268 g/mol. The van der Waals surface area contributed by atoms with E-state index >= 15 is 0 Å².